The third kappa shape index (κ3) is 25.6. The lowest BCUT2D eigenvalue weighted by Gasteiger charge is -2.16. The second-order valence-corrected chi connectivity index (χ2v) is 25.3. The molecular weight excluding hydrogens is 1150 g/mol. The molecule has 0 N–H and O–H groups in total. The maximum atomic E-state index is 11.5. The average Bonchev–Trinajstić information content (AvgIpc) is 1.93. The van der Waals surface area contributed by atoms with Gasteiger partial charge in [0.15, 0.2) is 10.2 Å². The van der Waals surface area contributed by atoms with Gasteiger partial charge in [-0.3, -0.25) is 9.59 Å². The number of thioether (sulfide) groups is 2. The first kappa shape index (κ1) is 69.7. The molecule has 470 valence electrons. The van der Waals surface area contributed by atoms with Crippen molar-refractivity contribution in [3.05, 3.63) is 212 Å². The van der Waals surface area contributed by atoms with Crippen LogP contribution in [0.4, 0.5) is 0 Å². The van der Waals surface area contributed by atoms with Crippen LogP contribution in [0.5, 0.6) is 23.0 Å². The molecule has 0 aromatic heterocycles. The summed E-state index contributed by atoms with van der Waals surface area (Å²) in [6.45, 7) is 14.7. The van der Waals surface area contributed by atoms with Crippen molar-refractivity contribution in [1.29, 1.82) is 0 Å². The Morgan fingerprint density at radius 1 is 0.278 bits per heavy atom. The summed E-state index contributed by atoms with van der Waals surface area (Å²) < 4.78 is 26.5. The van der Waals surface area contributed by atoms with Gasteiger partial charge in [0.05, 0.1) is 26.4 Å². The van der Waals surface area contributed by atoms with Gasteiger partial charge in [-0.15, -0.1) is 0 Å². The summed E-state index contributed by atoms with van der Waals surface area (Å²) >= 11 is 2.50. The summed E-state index contributed by atoms with van der Waals surface area (Å²) in [7, 11) is 0. The molecule has 0 saturated carbocycles. The molecule has 6 nitrogen and oxygen atoms in total. The number of ether oxygens (including phenoxy) is 4. The third-order valence-electron chi connectivity index (χ3n) is 15.2. The Labute approximate surface area is 547 Å². The van der Waals surface area contributed by atoms with Crippen LogP contribution >= 0.6 is 23.5 Å². The molecule has 0 spiro atoms. The second kappa shape index (κ2) is 40.1. The lowest BCUT2D eigenvalue weighted by Crippen LogP contribution is -2.03. The van der Waals surface area contributed by atoms with Crippen molar-refractivity contribution < 1.29 is 28.5 Å². The predicted molar refractivity (Wildman–Crippen MR) is 390 cm³/mol. The van der Waals surface area contributed by atoms with E-state index in [0.717, 1.165) is 151 Å². The van der Waals surface area contributed by atoms with Gasteiger partial charge in [0.1, 0.15) is 23.0 Å². The molecule has 0 aliphatic rings. The molecule has 0 atom stereocenters. The highest BCUT2D eigenvalue weighted by Crippen LogP contribution is 2.35. The van der Waals surface area contributed by atoms with Crippen LogP contribution in [0.3, 0.4) is 0 Å². The summed E-state index contributed by atoms with van der Waals surface area (Å²) in [5, 5.41) is 0.170. The minimum atomic E-state index is 0.0851. The highest BCUT2D eigenvalue weighted by atomic mass is 32.2. The van der Waals surface area contributed by atoms with E-state index in [1.54, 1.807) is 13.8 Å². The lowest BCUT2D eigenvalue weighted by atomic mass is 10.0. The van der Waals surface area contributed by atoms with Crippen LogP contribution in [0.2, 0.25) is 0 Å². The van der Waals surface area contributed by atoms with Gasteiger partial charge in [-0.05, 0) is 119 Å². The van der Waals surface area contributed by atoms with Gasteiger partial charge in [0.2, 0.25) is 0 Å². The Bertz CT molecular complexity index is 3230. The Kier molecular flexibility index (Phi) is 31.0. The number of carbonyl (C=O) groups excluding carboxylic acids is 2. The molecular formula is C82H94O6S2. The molecule has 8 heteroatoms. The van der Waals surface area contributed by atoms with Crippen molar-refractivity contribution in [3.63, 3.8) is 0 Å². The maximum Gasteiger partial charge on any atom is 0.190 e. The van der Waals surface area contributed by atoms with Crippen LogP contribution in [0.25, 0.3) is 72.9 Å². The normalized spacial score (nSPS) is 11.8. The van der Waals surface area contributed by atoms with Gasteiger partial charge in [0, 0.05) is 45.9 Å². The second-order valence-electron chi connectivity index (χ2n) is 22.8. The van der Waals surface area contributed by atoms with Crippen LogP contribution < -0.4 is 18.9 Å². The van der Waals surface area contributed by atoms with Crippen molar-refractivity contribution in [3.8, 4) is 23.0 Å². The monoisotopic (exact) mass is 1240 g/mol. The fourth-order valence-corrected chi connectivity index (χ4v) is 11.2. The van der Waals surface area contributed by atoms with Crippen molar-refractivity contribution in [2.45, 2.75) is 154 Å². The molecule has 7 aromatic carbocycles. The first-order valence-electron chi connectivity index (χ1n) is 32.9. The molecule has 0 unspecified atom stereocenters. The van der Waals surface area contributed by atoms with Crippen molar-refractivity contribution in [2.75, 3.05) is 26.4 Å². The zero-order valence-corrected chi connectivity index (χ0v) is 55.8. The predicted octanol–water partition coefficient (Wildman–Crippen LogP) is 23.8. The van der Waals surface area contributed by atoms with E-state index in [9.17, 15) is 9.59 Å². The Morgan fingerprint density at radius 3 is 0.656 bits per heavy atom. The highest BCUT2D eigenvalue weighted by molar-refractivity contribution is 8.13. The van der Waals surface area contributed by atoms with Gasteiger partial charge in [0.25, 0.3) is 0 Å². The van der Waals surface area contributed by atoms with Gasteiger partial charge >= 0.3 is 0 Å². The van der Waals surface area contributed by atoms with E-state index in [1.807, 2.05) is 48.5 Å². The molecule has 0 heterocycles. The topological polar surface area (TPSA) is 71.1 Å². The summed E-state index contributed by atoms with van der Waals surface area (Å²) in [5.74, 6) is 3.36. The van der Waals surface area contributed by atoms with E-state index in [0.29, 0.717) is 26.4 Å². The zero-order chi connectivity index (χ0) is 63.4. The lowest BCUT2D eigenvalue weighted by molar-refractivity contribution is -0.109. The molecule has 0 bridgehead atoms. The summed E-state index contributed by atoms with van der Waals surface area (Å²) in [4.78, 5) is 25.0. The Balaban J connectivity index is 1.11. The van der Waals surface area contributed by atoms with E-state index in [4.69, 9.17) is 18.9 Å². The number of carbonyl (C=O) groups is 2. The molecule has 7 rings (SSSR count). The van der Waals surface area contributed by atoms with Crippen molar-refractivity contribution in [1.82, 2.24) is 0 Å². The minimum Gasteiger partial charge on any atom is -0.493 e. The molecule has 0 radical (unpaired) electrons. The molecule has 0 fully saturated rings. The highest BCUT2D eigenvalue weighted by Gasteiger charge is 2.13. The maximum absolute atomic E-state index is 11.5. The van der Waals surface area contributed by atoms with Crippen LogP contribution in [0, 0.1) is 0 Å². The molecule has 0 aliphatic heterocycles. The molecule has 0 amide bonds. The Hall–Kier alpha value is -7.78. The fraction of sp³-hybridized carbons (Fsp3) is 0.317. The van der Waals surface area contributed by atoms with Crippen molar-refractivity contribution >= 4 is 107 Å². The summed E-state index contributed by atoms with van der Waals surface area (Å²) in [6.07, 6.45) is 43.6. The minimum absolute atomic E-state index is 0.0851. The van der Waals surface area contributed by atoms with Gasteiger partial charge in [-0.1, -0.05) is 298 Å². The molecule has 90 heavy (non-hydrogen) atoms. The number of hydrogen-bond donors (Lipinski definition) is 0. The molecule has 0 saturated heterocycles. The van der Waals surface area contributed by atoms with Gasteiger partial charge in [-0.25, -0.2) is 0 Å². The number of benzene rings is 7. The van der Waals surface area contributed by atoms with Crippen LogP contribution in [-0.2, 0) is 9.59 Å². The number of unbranched alkanes of at least 4 members (excludes halogenated alkanes) is 12. The van der Waals surface area contributed by atoms with Gasteiger partial charge in [-0.2, -0.15) is 0 Å². The third-order valence-corrected chi connectivity index (χ3v) is 16.7. The average molecular weight is 1240 g/mol. The first-order chi connectivity index (χ1) is 44.1. The number of hydrogen-bond acceptors (Lipinski definition) is 8. The quantitative estimate of drug-likeness (QED) is 0.0215. The zero-order valence-electron chi connectivity index (χ0n) is 54.2. The van der Waals surface area contributed by atoms with E-state index in [2.05, 4.69) is 198 Å². The van der Waals surface area contributed by atoms with E-state index >= 15 is 0 Å². The SMILES string of the molecule is CCCCCCOc1cc(/C=C/c2ccc(/C=C/c3cc(OCCCCCC)c(/C=C/c4ccc(/C=C/c5ccc(SC(C)=O)cc5)cc4)cc3OCCCCCC)cc2)c(OCCCCCC)cc1/C=C/c1ccc(/C=C/c2ccc(SC(C)=O)cc2)cc1. The standard InChI is InChI=1S/C82H94O6S2/c1-7-11-15-19-55-85-79-61-75(81(87-57-21-17-13-9-3)59-73(79)47-39-67-29-23-65(24-30-67)27-37-71-43-51-77(52-44-71)89-63(5)83)49-41-69-33-35-70(36-34-69)42-50-76-62-80(86-56-20-16-12-8-2)74(60-82(76)88-58-22-18-14-10-4)48-40-68-31-25-66(26-32-68)28-38-72-45-53-78(54-46-72)90-64(6)84/h23-54,59-62H,7-22,55-58H2,1-6H3/b37-27+,38-28+,47-39+,48-40+,49-41+,50-42+. The van der Waals surface area contributed by atoms with Crippen LogP contribution in [0.15, 0.2) is 155 Å². The van der Waals surface area contributed by atoms with Crippen LogP contribution in [0.1, 0.15) is 211 Å². The Morgan fingerprint density at radius 2 is 0.467 bits per heavy atom. The molecule has 7 aromatic rings. The van der Waals surface area contributed by atoms with Crippen molar-refractivity contribution in [2.24, 2.45) is 0 Å². The van der Waals surface area contributed by atoms with E-state index < -0.39 is 0 Å². The van der Waals surface area contributed by atoms with E-state index in [-0.39, 0.29) is 10.2 Å². The smallest absolute Gasteiger partial charge is 0.190 e. The van der Waals surface area contributed by atoms with Gasteiger partial charge < -0.3 is 18.9 Å². The van der Waals surface area contributed by atoms with Crippen LogP contribution in [-0.4, -0.2) is 36.7 Å². The summed E-state index contributed by atoms with van der Waals surface area (Å²) in [5.41, 5.74) is 12.6. The largest absolute Gasteiger partial charge is 0.493 e. The first-order valence-corrected chi connectivity index (χ1v) is 34.5. The van der Waals surface area contributed by atoms with E-state index in [1.165, 1.54) is 74.9 Å². The fourth-order valence-electron chi connectivity index (χ4n) is 9.96. The molecule has 0 aliphatic carbocycles. The summed E-state index contributed by atoms with van der Waals surface area (Å²) in [6, 6.07) is 50.5. The number of rotatable bonds is 38.